The summed E-state index contributed by atoms with van der Waals surface area (Å²) in [6, 6.07) is 10.2. The summed E-state index contributed by atoms with van der Waals surface area (Å²) in [6.07, 6.45) is 2.61. The molecule has 154 valence electrons. The third kappa shape index (κ3) is 5.97. The molecule has 7 nitrogen and oxygen atoms in total. The molecule has 0 aromatic heterocycles. The van der Waals surface area contributed by atoms with E-state index in [0.717, 1.165) is 24.9 Å². The molecule has 1 saturated heterocycles. The number of likely N-dealkylation sites (N-methyl/N-ethyl adjacent to an activating group) is 1. The van der Waals surface area contributed by atoms with Gasteiger partial charge in [0.1, 0.15) is 6.54 Å². The number of nitrogens with zero attached hydrogens (tertiary/aromatic N) is 3. The molecule has 2 rings (SSSR count). The zero-order valence-corrected chi connectivity index (χ0v) is 17.4. The molecule has 28 heavy (non-hydrogen) atoms. The van der Waals surface area contributed by atoms with Gasteiger partial charge in [0.05, 0.1) is 6.04 Å². The Kier molecular flexibility index (Phi) is 8.29. The molecule has 1 aromatic rings. The van der Waals surface area contributed by atoms with Gasteiger partial charge in [-0.05, 0) is 12.0 Å². The summed E-state index contributed by atoms with van der Waals surface area (Å²) in [5, 5.41) is 6.63. The van der Waals surface area contributed by atoms with Gasteiger partial charge in [0.25, 0.3) is 0 Å². The van der Waals surface area contributed by atoms with Gasteiger partial charge in [0.2, 0.25) is 11.8 Å². The summed E-state index contributed by atoms with van der Waals surface area (Å²) in [5.74, 6) is 0.871. The molecule has 2 unspecified atom stereocenters. The van der Waals surface area contributed by atoms with E-state index in [2.05, 4.69) is 34.7 Å². The van der Waals surface area contributed by atoms with Gasteiger partial charge in [0, 0.05) is 46.6 Å². The first kappa shape index (κ1) is 21.7. The van der Waals surface area contributed by atoms with Crippen LogP contribution >= 0.6 is 0 Å². The summed E-state index contributed by atoms with van der Waals surface area (Å²) in [7, 11) is 5.31. The first-order valence-corrected chi connectivity index (χ1v) is 9.97. The van der Waals surface area contributed by atoms with Crippen LogP contribution < -0.4 is 10.6 Å². The lowest BCUT2D eigenvalue weighted by molar-refractivity contribution is -0.128. The summed E-state index contributed by atoms with van der Waals surface area (Å²) >= 11 is 0. The van der Waals surface area contributed by atoms with E-state index in [4.69, 9.17) is 0 Å². The van der Waals surface area contributed by atoms with Crippen molar-refractivity contribution in [2.75, 3.05) is 40.8 Å². The SMILES string of the molecule is CCCCNC(=NCC(=O)N(C)C)NCC1CC(=O)N(C)C1c1ccccc1. The molecule has 1 aliphatic rings. The number of nitrogens with one attached hydrogen (secondary N) is 2. The number of rotatable bonds is 8. The number of likely N-dealkylation sites (tertiary alicyclic amines) is 1. The van der Waals surface area contributed by atoms with Crippen molar-refractivity contribution in [2.24, 2.45) is 10.9 Å². The lowest BCUT2D eigenvalue weighted by Gasteiger charge is -2.26. The van der Waals surface area contributed by atoms with Crippen molar-refractivity contribution in [1.29, 1.82) is 0 Å². The van der Waals surface area contributed by atoms with Gasteiger partial charge < -0.3 is 20.4 Å². The molecule has 7 heteroatoms. The Morgan fingerprint density at radius 3 is 2.61 bits per heavy atom. The predicted molar refractivity (Wildman–Crippen MR) is 112 cm³/mol. The van der Waals surface area contributed by atoms with Crippen LogP contribution in [0.2, 0.25) is 0 Å². The highest BCUT2D eigenvalue weighted by Gasteiger charge is 2.38. The van der Waals surface area contributed by atoms with Gasteiger partial charge >= 0.3 is 0 Å². The van der Waals surface area contributed by atoms with E-state index in [9.17, 15) is 9.59 Å². The number of unbranched alkanes of at least 4 members (excludes halogenated alkanes) is 1. The molecule has 0 bridgehead atoms. The quantitative estimate of drug-likeness (QED) is 0.404. The molecule has 2 N–H and O–H groups in total. The van der Waals surface area contributed by atoms with Crippen molar-refractivity contribution in [3.05, 3.63) is 35.9 Å². The van der Waals surface area contributed by atoms with E-state index in [1.165, 1.54) is 4.90 Å². The third-order valence-electron chi connectivity index (χ3n) is 5.06. The van der Waals surface area contributed by atoms with Gasteiger partial charge in [-0.2, -0.15) is 0 Å². The summed E-state index contributed by atoms with van der Waals surface area (Å²) in [6.45, 7) is 3.64. The van der Waals surface area contributed by atoms with Crippen molar-refractivity contribution in [1.82, 2.24) is 20.4 Å². The molecule has 1 fully saturated rings. The topological polar surface area (TPSA) is 77.0 Å². The number of hydrogen-bond acceptors (Lipinski definition) is 3. The van der Waals surface area contributed by atoms with E-state index in [0.29, 0.717) is 18.9 Å². The standard InChI is InChI=1S/C21H33N5O2/c1-5-6-12-22-21(24-15-19(28)25(2)3)23-14-17-13-18(27)26(4)20(17)16-10-8-7-9-11-16/h7-11,17,20H,5-6,12-15H2,1-4H3,(H2,22,23,24). The van der Waals surface area contributed by atoms with Gasteiger partial charge in [-0.1, -0.05) is 43.7 Å². The molecule has 1 heterocycles. The lowest BCUT2D eigenvalue weighted by Crippen LogP contribution is -2.42. The van der Waals surface area contributed by atoms with Crippen LogP contribution in [0.4, 0.5) is 0 Å². The van der Waals surface area contributed by atoms with Gasteiger partial charge in [-0.3, -0.25) is 9.59 Å². The average molecular weight is 388 g/mol. The van der Waals surface area contributed by atoms with Crippen molar-refractivity contribution in [3.8, 4) is 0 Å². The Bertz CT molecular complexity index is 675. The van der Waals surface area contributed by atoms with Gasteiger partial charge in [-0.25, -0.2) is 4.99 Å². The predicted octanol–water partition coefficient (Wildman–Crippen LogP) is 1.63. The Morgan fingerprint density at radius 2 is 1.96 bits per heavy atom. The molecule has 2 atom stereocenters. The van der Waals surface area contributed by atoms with E-state index >= 15 is 0 Å². The summed E-state index contributed by atoms with van der Waals surface area (Å²) < 4.78 is 0. The van der Waals surface area contributed by atoms with Crippen molar-refractivity contribution >= 4 is 17.8 Å². The minimum absolute atomic E-state index is 0.0431. The average Bonchev–Trinajstić information content (AvgIpc) is 2.97. The maximum absolute atomic E-state index is 12.3. The highest BCUT2D eigenvalue weighted by atomic mass is 16.2. The minimum Gasteiger partial charge on any atom is -0.356 e. The molecule has 0 radical (unpaired) electrons. The second-order valence-electron chi connectivity index (χ2n) is 7.44. The third-order valence-corrected chi connectivity index (χ3v) is 5.06. The number of amides is 2. The molecule has 0 aliphatic carbocycles. The van der Waals surface area contributed by atoms with Crippen molar-refractivity contribution < 1.29 is 9.59 Å². The van der Waals surface area contributed by atoms with Crippen LogP contribution in [0.1, 0.15) is 37.8 Å². The Morgan fingerprint density at radius 1 is 1.25 bits per heavy atom. The lowest BCUT2D eigenvalue weighted by atomic mass is 9.94. The Balaban J connectivity index is 2.05. The van der Waals surface area contributed by atoms with Gasteiger partial charge in [-0.15, -0.1) is 0 Å². The molecular weight excluding hydrogens is 354 g/mol. The fraction of sp³-hybridized carbons (Fsp3) is 0.571. The fourth-order valence-electron chi connectivity index (χ4n) is 3.35. The van der Waals surface area contributed by atoms with E-state index in [-0.39, 0.29) is 30.3 Å². The first-order valence-electron chi connectivity index (χ1n) is 9.97. The molecular formula is C21H33N5O2. The number of benzene rings is 1. The highest BCUT2D eigenvalue weighted by Crippen LogP contribution is 2.36. The van der Waals surface area contributed by atoms with Crippen LogP contribution in [0, 0.1) is 5.92 Å². The number of guanidine groups is 1. The zero-order chi connectivity index (χ0) is 20.5. The zero-order valence-electron chi connectivity index (χ0n) is 17.4. The van der Waals surface area contributed by atoms with Crippen LogP contribution in [-0.4, -0.2) is 68.4 Å². The first-order chi connectivity index (χ1) is 13.4. The number of carbonyl (C=O) groups is 2. The molecule has 2 amide bonds. The van der Waals surface area contributed by atoms with Crippen LogP contribution in [0.25, 0.3) is 0 Å². The van der Waals surface area contributed by atoms with Crippen molar-refractivity contribution in [3.63, 3.8) is 0 Å². The molecule has 1 aromatic carbocycles. The van der Waals surface area contributed by atoms with Crippen LogP contribution in [0.15, 0.2) is 35.3 Å². The monoisotopic (exact) mass is 387 g/mol. The Hall–Kier alpha value is -2.57. The number of aliphatic imine (C=N–C) groups is 1. The largest absolute Gasteiger partial charge is 0.356 e. The highest BCUT2D eigenvalue weighted by molar-refractivity contribution is 5.85. The van der Waals surface area contributed by atoms with Crippen LogP contribution in [0.5, 0.6) is 0 Å². The van der Waals surface area contributed by atoms with Crippen LogP contribution in [0.3, 0.4) is 0 Å². The summed E-state index contributed by atoms with van der Waals surface area (Å²) in [5.41, 5.74) is 1.14. The molecule has 1 aliphatic heterocycles. The van der Waals surface area contributed by atoms with Crippen LogP contribution in [-0.2, 0) is 9.59 Å². The number of hydrogen-bond donors (Lipinski definition) is 2. The number of carbonyl (C=O) groups excluding carboxylic acids is 2. The van der Waals surface area contributed by atoms with E-state index in [1.54, 1.807) is 14.1 Å². The maximum atomic E-state index is 12.3. The van der Waals surface area contributed by atoms with Crippen molar-refractivity contribution in [2.45, 2.75) is 32.2 Å². The molecule has 0 spiro atoms. The van der Waals surface area contributed by atoms with Gasteiger partial charge in [0.15, 0.2) is 5.96 Å². The second kappa shape index (κ2) is 10.7. The fourth-order valence-corrected chi connectivity index (χ4v) is 3.35. The summed E-state index contributed by atoms with van der Waals surface area (Å²) in [4.78, 5) is 32.0. The second-order valence-corrected chi connectivity index (χ2v) is 7.44. The van der Waals surface area contributed by atoms with E-state index < -0.39 is 0 Å². The smallest absolute Gasteiger partial charge is 0.243 e. The normalized spacial score (nSPS) is 19.6. The Labute approximate surface area is 168 Å². The molecule has 0 saturated carbocycles. The van der Waals surface area contributed by atoms with E-state index in [1.807, 2.05) is 30.1 Å². The maximum Gasteiger partial charge on any atom is 0.243 e. The minimum atomic E-state index is -0.0467.